The molecule has 0 spiro atoms. The van der Waals surface area contributed by atoms with Gasteiger partial charge >= 0.3 is 0 Å². The summed E-state index contributed by atoms with van der Waals surface area (Å²) in [6.07, 6.45) is 3.18. The van der Waals surface area contributed by atoms with Crippen LogP contribution in [-0.4, -0.2) is 14.2 Å². The third-order valence-corrected chi connectivity index (χ3v) is 4.82. The fraction of sp³-hybridized carbons (Fsp3) is 0.500. The molecule has 1 aromatic rings. The highest BCUT2D eigenvalue weighted by molar-refractivity contribution is 7.92. The van der Waals surface area contributed by atoms with Gasteiger partial charge in [0.1, 0.15) is 0 Å². The minimum atomic E-state index is -3.26. The summed E-state index contributed by atoms with van der Waals surface area (Å²) in [6, 6.07) is 5.30. The molecule has 0 aromatic heterocycles. The maximum Gasteiger partial charge on any atom is 0.233 e. The van der Waals surface area contributed by atoms with Crippen molar-refractivity contribution in [2.75, 3.05) is 10.5 Å². The van der Waals surface area contributed by atoms with Gasteiger partial charge in [-0.1, -0.05) is 24.1 Å². The first-order valence-corrected chi connectivity index (χ1v) is 7.76. The van der Waals surface area contributed by atoms with Gasteiger partial charge in [-0.2, -0.15) is 0 Å². The van der Waals surface area contributed by atoms with Gasteiger partial charge in [-0.05, 0) is 43.4 Å². The van der Waals surface area contributed by atoms with E-state index in [1.54, 1.807) is 12.1 Å². The van der Waals surface area contributed by atoms with Gasteiger partial charge in [-0.15, -0.1) is 0 Å². The van der Waals surface area contributed by atoms with E-state index in [0.717, 1.165) is 24.8 Å². The number of nitrogens with one attached hydrogen (secondary N) is 1. The molecular formula is C12H16ClNO2S. The Hall–Kier alpha value is -0.740. The van der Waals surface area contributed by atoms with Crippen molar-refractivity contribution in [1.82, 2.24) is 0 Å². The molecule has 3 nitrogen and oxygen atoms in total. The predicted molar refractivity (Wildman–Crippen MR) is 70.9 cm³/mol. The van der Waals surface area contributed by atoms with Crippen molar-refractivity contribution in [3.63, 3.8) is 0 Å². The lowest BCUT2D eigenvalue weighted by Crippen LogP contribution is -2.26. The first-order chi connectivity index (χ1) is 7.96. The molecule has 1 saturated carbocycles. The quantitative estimate of drug-likeness (QED) is 0.916. The summed E-state index contributed by atoms with van der Waals surface area (Å²) in [5.41, 5.74) is 1.48. The molecule has 0 amide bonds. The summed E-state index contributed by atoms with van der Waals surface area (Å²) < 4.78 is 26.3. The molecule has 0 heterocycles. The second-order valence-corrected chi connectivity index (χ2v) is 6.84. The zero-order valence-electron chi connectivity index (χ0n) is 9.74. The lowest BCUT2D eigenvalue weighted by atomic mass is 9.87. The van der Waals surface area contributed by atoms with Gasteiger partial charge in [-0.3, -0.25) is 4.72 Å². The lowest BCUT2D eigenvalue weighted by molar-refractivity contribution is 0.347. The van der Waals surface area contributed by atoms with Crippen molar-refractivity contribution in [2.45, 2.75) is 26.2 Å². The molecule has 0 atom stereocenters. The number of anilines is 1. The van der Waals surface area contributed by atoms with Crippen LogP contribution in [-0.2, 0) is 10.0 Å². The lowest BCUT2D eigenvalue weighted by Gasteiger charge is -2.25. The van der Waals surface area contributed by atoms with E-state index < -0.39 is 10.0 Å². The topological polar surface area (TPSA) is 46.2 Å². The van der Waals surface area contributed by atoms with Crippen LogP contribution in [0.2, 0.25) is 5.02 Å². The van der Waals surface area contributed by atoms with Crippen LogP contribution in [0.4, 0.5) is 5.69 Å². The van der Waals surface area contributed by atoms with Gasteiger partial charge in [0.25, 0.3) is 0 Å². The van der Waals surface area contributed by atoms with E-state index in [1.165, 1.54) is 0 Å². The SMILES string of the molecule is Cc1ccc(NS(=O)(=O)CC2CCC2)c(Cl)c1. The summed E-state index contributed by atoms with van der Waals surface area (Å²) in [5, 5.41) is 0.446. The number of rotatable bonds is 4. The van der Waals surface area contributed by atoms with E-state index in [-0.39, 0.29) is 5.75 Å². The van der Waals surface area contributed by atoms with Crippen LogP contribution in [0.25, 0.3) is 0 Å². The standard InChI is InChI=1S/C12H16ClNO2S/c1-9-5-6-12(11(13)7-9)14-17(15,16)8-10-3-2-4-10/h5-7,10,14H,2-4,8H2,1H3. The number of benzene rings is 1. The van der Waals surface area contributed by atoms with Gasteiger partial charge in [0.15, 0.2) is 0 Å². The molecule has 0 saturated heterocycles. The Morgan fingerprint density at radius 1 is 1.41 bits per heavy atom. The van der Waals surface area contributed by atoms with Crippen molar-refractivity contribution < 1.29 is 8.42 Å². The molecule has 5 heteroatoms. The molecule has 1 aromatic carbocycles. The van der Waals surface area contributed by atoms with Gasteiger partial charge in [-0.25, -0.2) is 8.42 Å². The van der Waals surface area contributed by atoms with Crippen LogP contribution in [0, 0.1) is 12.8 Å². The van der Waals surface area contributed by atoms with Gasteiger partial charge in [0, 0.05) is 0 Å². The molecule has 1 aliphatic carbocycles. The predicted octanol–water partition coefficient (Wildman–Crippen LogP) is 3.19. The molecule has 0 radical (unpaired) electrons. The van der Waals surface area contributed by atoms with Crippen LogP contribution in [0.1, 0.15) is 24.8 Å². The van der Waals surface area contributed by atoms with Crippen molar-refractivity contribution in [1.29, 1.82) is 0 Å². The average Bonchev–Trinajstić information content (AvgIpc) is 2.17. The summed E-state index contributed by atoms with van der Waals surface area (Å²) in [7, 11) is -3.26. The first-order valence-electron chi connectivity index (χ1n) is 5.73. The minimum absolute atomic E-state index is 0.206. The minimum Gasteiger partial charge on any atom is -0.282 e. The molecule has 0 unspecified atom stereocenters. The largest absolute Gasteiger partial charge is 0.282 e. The highest BCUT2D eigenvalue weighted by Crippen LogP contribution is 2.29. The summed E-state index contributed by atoms with van der Waals surface area (Å²) >= 11 is 5.99. The van der Waals surface area contributed by atoms with Crippen molar-refractivity contribution >= 4 is 27.3 Å². The maximum absolute atomic E-state index is 11.9. The molecule has 0 bridgehead atoms. The van der Waals surface area contributed by atoms with Crippen LogP contribution in [0.15, 0.2) is 18.2 Å². The van der Waals surface area contributed by atoms with Gasteiger partial charge < -0.3 is 0 Å². The monoisotopic (exact) mass is 273 g/mol. The molecule has 2 rings (SSSR count). The van der Waals surface area contributed by atoms with Crippen molar-refractivity contribution in [3.05, 3.63) is 28.8 Å². The van der Waals surface area contributed by atoms with Crippen LogP contribution < -0.4 is 4.72 Å². The Labute approximate surface area is 107 Å². The van der Waals surface area contributed by atoms with Gasteiger partial charge in [0.2, 0.25) is 10.0 Å². The van der Waals surface area contributed by atoms with Gasteiger partial charge in [0.05, 0.1) is 16.5 Å². The van der Waals surface area contributed by atoms with E-state index in [9.17, 15) is 8.42 Å². The van der Waals surface area contributed by atoms with Crippen molar-refractivity contribution in [3.8, 4) is 0 Å². The summed E-state index contributed by atoms with van der Waals surface area (Å²) in [5.74, 6) is 0.522. The Bertz CT molecular complexity index is 509. The fourth-order valence-electron chi connectivity index (χ4n) is 1.88. The highest BCUT2D eigenvalue weighted by Gasteiger charge is 2.24. The van der Waals surface area contributed by atoms with E-state index in [2.05, 4.69) is 4.72 Å². The molecule has 1 N–H and O–H groups in total. The van der Waals surface area contributed by atoms with E-state index in [4.69, 9.17) is 11.6 Å². The molecule has 1 aliphatic rings. The Kier molecular flexibility index (Phi) is 3.64. The molecular weight excluding hydrogens is 258 g/mol. The Morgan fingerprint density at radius 3 is 2.65 bits per heavy atom. The Balaban J connectivity index is 2.08. The third-order valence-electron chi connectivity index (χ3n) is 3.07. The first kappa shape index (κ1) is 12.7. The highest BCUT2D eigenvalue weighted by atomic mass is 35.5. The van der Waals surface area contributed by atoms with E-state index in [1.807, 2.05) is 13.0 Å². The average molecular weight is 274 g/mol. The smallest absolute Gasteiger partial charge is 0.233 e. The van der Waals surface area contributed by atoms with Crippen LogP contribution >= 0.6 is 11.6 Å². The second kappa shape index (κ2) is 4.86. The number of hydrogen-bond acceptors (Lipinski definition) is 2. The summed E-state index contributed by atoms with van der Waals surface area (Å²) in [6.45, 7) is 1.92. The normalized spacial score (nSPS) is 16.6. The molecule has 17 heavy (non-hydrogen) atoms. The van der Waals surface area contributed by atoms with Crippen LogP contribution in [0.5, 0.6) is 0 Å². The molecule has 1 fully saturated rings. The van der Waals surface area contributed by atoms with E-state index >= 15 is 0 Å². The van der Waals surface area contributed by atoms with Crippen molar-refractivity contribution in [2.24, 2.45) is 5.92 Å². The summed E-state index contributed by atoms with van der Waals surface area (Å²) in [4.78, 5) is 0. The maximum atomic E-state index is 11.9. The number of hydrogen-bond donors (Lipinski definition) is 1. The van der Waals surface area contributed by atoms with Crippen LogP contribution in [0.3, 0.4) is 0 Å². The fourth-order valence-corrected chi connectivity index (χ4v) is 3.77. The Morgan fingerprint density at radius 2 is 2.12 bits per heavy atom. The molecule has 0 aliphatic heterocycles. The molecule has 94 valence electrons. The second-order valence-electron chi connectivity index (χ2n) is 4.66. The zero-order valence-corrected chi connectivity index (χ0v) is 11.3. The zero-order chi connectivity index (χ0) is 12.5. The third kappa shape index (κ3) is 3.36. The van der Waals surface area contributed by atoms with E-state index in [0.29, 0.717) is 16.6 Å². The number of halogens is 1. The number of aryl methyl sites for hydroxylation is 1. The number of sulfonamides is 1.